The van der Waals surface area contributed by atoms with E-state index in [1.807, 2.05) is 51.1 Å². The van der Waals surface area contributed by atoms with Crippen LogP contribution in [0.25, 0.3) is 0 Å². The quantitative estimate of drug-likeness (QED) is 0.873. The van der Waals surface area contributed by atoms with E-state index in [0.717, 1.165) is 5.56 Å². The predicted octanol–water partition coefficient (Wildman–Crippen LogP) is 2.92. The molecule has 1 rings (SSSR count). The van der Waals surface area contributed by atoms with Crippen LogP contribution in [-0.4, -0.2) is 18.9 Å². The van der Waals surface area contributed by atoms with Crippen molar-refractivity contribution in [3.8, 4) is 0 Å². The van der Waals surface area contributed by atoms with E-state index in [-0.39, 0.29) is 11.2 Å². The molecule has 1 aromatic rings. The average molecular weight is 283 g/mol. The summed E-state index contributed by atoms with van der Waals surface area (Å²) in [7, 11) is -3.22. The van der Waals surface area contributed by atoms with Crippen molar-refractivity contribution in [2.75, 3.05) is 0 Å². The summed E-state index contributed by atoms with van der Waals surface area (Å²) in [5.41, 5.74) is 7.12. The van der Waals surface area contributed by atoms with Crippen molar-refractivity contribution in [1.29, 1.82) is 0 Å². The number of sulfone groups is 1. The van der Waals surface area contributed by atoms with Gasteiger partial charge in [-0.25, -0.2) is 8.42 Å². The molecule has 3 atom stereocenters. The SMILES string of the molecule is CCC(C)S(=O)(=O)C(C(C)C)C(N)c1ccccc1. The molecule has 0 aliphatic carbocycles. The maximum Gasteiger partial charge on any atom is 0.157 e. The second-order valence-electron chi connectivity index (χ2n) is 5.45. The minimum absolute atomic E-state index is 0.00536. The first-order chi connectivity index (χ1) is 8.82. The lowest BCUT2D eigenvalue weighted by atomic mass is 9.97. The Hall–Kier alpha value is -0.870. The maximum atomic E-state index is 12.6. The molecular formula is C15H25NO2S. The van der Waals surface area contributed by atoms with Crippen LogP contribution in [0.5, 0.6) is 0 Å². The Labute approximate surface area is 117 Å². The van der Waals surface area contributed by atoms with Gasteiger partial charge in [-0.15, -0.1) is 0 Å². The molecule has 2 N–H and O–H groups in total. The third kappa shape index (κ3) is 3.57. The Morgan fingerprint density at radius 3 is 2.05 bits per heavy atom. The predicted molar refractivity (Wildman–Crippen MR) is 80.7 cm³/mol. The van der Waals surface area contributed by atoms with E-state index in [9.17, 15) is 8.42 Å². The smallest absolute Gasteiger partial charge is 0.157 e. The summed E-state index contributed by atoms with van der Waals surface area (Å²) in [4.78, 5) is 0. The van der Waals surface area contributed by atoms with Crippen LogP contribution in [0, 0.1) is 5.92 Å². The monoisotopic (exact) mass is 283 g/mol. The standard InChI is InChI=1S/C15H25NO2S/c1-5-12(4)19(17,18)15(11(2)3)14(16)13-9-7-6-8-10-13/h6-12,14-15H,5,16H2,1-4H3. The third-order valence-electron chi connectivity index (χ3n) is 3.71. The number of nitrogens with two attached hydrogens (primary N) is 1. The highest BCUT2D eigenvalue weighted by molar-refractivity contribution is 7.92. The molecule has 0 spiro atoms. The summed E-state index contributed by atoms with van der Waals surface area (Å²) >= 11 is 0. The maximum absolute atomic E-state index is 12.6. The molecule has 0 amide bonds. The number of hydrogen-bond acceptors (Lipinski definition) is 3. The van der Waals surface area contributed by atoms with Gasteiger partial charge in [-0.3, -0.25) is 0 Å². The fourth-order valence-corrected chi connectivity index (χ4v) is 4.69. The molecule has 0 radical (unpaired) electrons. The Morgan fingerprint density at radius 1 is 1.11 bits per heavy atom. The van der Waals surface area contributed by atoms with E-state index in [1.165, 1.54) is 0 Å². The van der Waals surface area contributed by atoms with Crippen molar-refractivity contribution < 1.29 is 8.42 Å². The molecular weight excluding hydrogens is 258 g/mol. The summed E-state index contributed by atoms with van der Waals surface area (Å²) in [5.74, 6) is -0.00536. The molecule has 3 nitrogen and oxygen atoms in total. The first-order valence-electron chi connectivity index (χ1n) is 6.85. The van der Waals surface area contributed by atoms with Gasteiger partial charge in [0.05, 0.1) is 10.5 Å². The average Bonchev–Trinajstić information content (AvgIpc) is 2.37. The van der Waals surface area contributed by atoms with Crippen LogP contribution >= 0.6 is 0 Å². The van der Waals surface area contributed by atoms with Crippen LogP contribution in [0.15, 0.2) is 30.3 Å². The summed E-state index contributed by atoms with van der Waals surface area (Å²) in [6, 6.07) is 9.01. The van der Waals surface area contributed by atoms with Crippen LogP contribution in [0.1, 0.15) is 45.7 Å². The van der Waals surface area contributed by atoms with Crippen LogP contribution < -0.4 is 5.73 Å². The van der Waals surface area contributed by atoms with Crippen molar-refractivity contribution >= 4 is 9.84 Å². The van der Waals surface area contributed by atoms with Gasteiger partial charge in [0.25, 0.3) is 0 Å². The van der Waals surface area contributed by atoms with Gasteiger partial charge in [0, 0.05) is 6.04 Å². The highest BCUT2D eigenvalue weighted by Crippen LogP contribution is 2.29. The van der Waals surface area contributed by atoms with E-state index in [4.69, 9.17) is 5.73 Å². The van der Waals surface area contributed by atoms with Gasteiger partial charge < -0.3 is 5.73 Å². The minimum Gasteiger partial charge on any atom is -0.323 e. The van der Waals surface area contributed by atoms with Crippen molar-refractivity contribution in [2.24, 2.45) is 11.7 Å². The van der Waals surface area contributed by atoms with Gasteiger partial charge in [0.1, 0.15) is 0 Å². The zero-order valence-electron chi connectivity index (χ0n) is 12.2. The van der Waals surface area contributed by atoms with Gasteiger partial charge in [-0.05, 0) is 24.8 Å². The molecule has 0 aromatic heterocycles. The van der Waals surface area contributed by atoms with E-state index >= 15 is 0 Å². The summed E-state index contributed by atoms with van der Waals surface area (Å²) in [5, 5.41) is -0.889. The molecule has 0 aliphatic heterocycles. The first-order valence-corrected chi connectivity index (χ1v) is 8.46. The Kier molecular flexibility index (Phi) is 5.56. The molecule has 0 bridgehead atoms. The minimum atomic E-state index is -3.22. The Bertz CT molecular complexity index is 482. The number of rotatable bonds is 6. The zero-order chi connectivity index (χ0) is 14.6. The Balaban J connectivity index is 3.16. The van der Waals surface area contributed by atoms with E-state index in [2.05, 4.69) is 0 Å². The summed E-state index contributed by atoms with van der Waals surface area (Å²) < 4.78 is 25.3. The first kappa shape index (κ1) is 16.2. The van der Waals surface area contributed by atoms with Crippen molar-refractivity contribution in [1.82, 2.24) is 0 Å². The van der Waals surface area contributed by atoms with Crippen LogP contribution in [0.3, 0.4) is 0 Å². The lowest BCUT2D eigenvalue weighted by Crippen LogP contribution is -2.41. The number of benzene rings is 1. The Morgan fingerprint density at radius 2 is 1.63 bits per heavy atom. The van der Waals surface area contributed by atoms with E-state index in [1.54, 1.807) is 6.92 Å². The zero-order valence-corrected chi connectivity index (χ0v) is 13.0. The second-order valence-corrected chi connectivity index (χ2v) is 7.98. The summed E-state index contributed by atoms with van der Waals surface area (Å²) in [6.07, 6.45) is 0.618. The highest BCUT2D eigenvalue weighted by Gasteiger charge is 2.37. The normalized spacial score (nSPS) is 17.2. The molecule has 0 heterocycles. The molecule has 0 fully saturated rings. The molecule has 108 valence electrons. The molecule has 1 aromatic carbocycles. The molecule has 3 unspecified atom stereocenters. The second kappa shape index (κ2) is 6.53. The van der Waals surface area contributed by atoms with E-state index < -0.39 is 21.1 Å². The lowest BCUT2D eigenvalue weighted by Gasteiger charge is -2.30. The highest BCUT2D eigenvalue weighted by atomic mass is 32.2. The van der Waals surface area contributed by atoms with Gasteiger partial charge in [-0.1, -0.05) is 51.1 Å². The summed E-state index contributed by atoms with van der Waals surface area (Å²) in [6.45, 7) is 7.51. The van der Waals surface area contributed by atoms with Crippen molar-refractivity contribution in [3.63, 3.8) is 0 Å². The van der Waals surface area contributed by atoms with Crippen LogP contribution in [-0.2, 0) is 9.84 Å². The molecule has 19 heavy (non-hydrogen) atoms. The van der Waals surface area contributed by atoms with Gasteiger partial charge in [-0.2, -0.15) is 0 Å². The largest absolute Gasteiger partial charge is 0.323 e. The molecule has 0 aliphatic rings. The van der Waals surface area contributed by atoms with E-state index in [0.29, 0.717) is 6.42 Å². The topological polar surface area (TPSA) is 60.2 Å². The van der Waals surface area contributed by atoms with Gasteiger partial charge in [0.15, 0.2) is 9.84 Å². The fraction of sp³-hybridized carbons (Fsp3) is 0.600. The lowest BCUT2D eigenvalue weighted by molar-refractivity contribution is 0.474. The van der Waals surface area contributed by atoms with Gasteiger partial charge >= 0.3 is 0 Å². The molecule has 0 saturated heterocycles. The van der Waals surface area contributed by atoms with Crippen LogP contribution in [0.2, 0.25) is 0 Å². The third-order valence-corrected chi connectivity index (χ3v) is 6.76. The van der Waals surface area contributed by atoms with Crippen molar-refractivity contribution in [3.05, 3.63) is 35.9 Å². The number of hydrogen-bond donors (Lipinski definition) is 1. The molecule has 0 saturated carbocycles. The fourth-order valence-electron chi connectivity index (χ4n) is 2.36. The van der Waals surface area contributed by atoms with Gasteiger partial charge in [0.2, 0.25) is 0 Å². The molecule has 4 heteroatoms. The van der Waals surface area contributed by atoms with Crippen molar-refractivity contribution in [2.45, 2.75) is 50.7 Å². The van der Waals surface area contributed by atoms with Crippen LogP contribution in [0.4, 0.5) is 0 Å².